The fourth-order valence-corrected chi connectivity index (χ4v) is 3.94. The van der Waals surface area contributed by atoms with E-state index in [-0.39, 0.29) is 0 Å². The molecular formula is C23H25N7O. The first kappa shape index (κ1) is 19.6. The van der Waals surface area contributed by atoms with Crippen LogP contribution < -0.4 is 10.1 Å². The number of H-pyrrole nitrogens is 1. The number of piperazine rings is 1. The van der Waals surface area contributed by atoms with Crippen LogP contribution in [0.2, 0.25) is 0 Å². The summed E-state index contributed by atoms with van der Waals surface area (Å²) in [5, 5.41) is 3.40. The van der Waals surface area contributed by atoms with Crippen molar-refractivity contribution >= 4 is 11.0 Å². The van der Waals surface area contributed by atoms with E-state index in [0.717, 1.165) is 66.5 Å². The van der Waals surface area contributed by atoms with Gasteiger partial charge in [-0.3, -0.25) is 9.88 Å². The molecule has 1 aromatic carbocycles. The Balaban J connectivity index is 1.34. The number of aromatic nitrogens is 5. The van der Waals surface area contributed by atoms with Crippen LogP contribution in [0, 0.1) is 0 Å². The molecule has 4 heterocycles. The second-order valence-electron chi connectivity index (χ2n) is 7.72. The molecule has 1 saturated heterocycles. The lowest BCUT2D eigenvalue weighted by Gasteiger charge is -2.27. The zero-order valence-corrected chi connectivity index (χ0v) is 17.5. The average Bonchev–Trinajstić information content (AvgIpc) is 3.21. The molecule has 1 fully saturated rings. The highest BCUT2D eigenvalue weighted by atomic mass is 16.5. The number of nitrogens with zero attached hydrogens (tertiary/aromatic N) is 5. The van der Waals surface area contributed by atoms with Crippen LogP contribution in [0.3, 0.4) is 0 Å². The maximum Gasteiger partial charge on any atom is 0.216 e. The van der Waals surface area contributed by atoms with E-state index in [1.807, 2.05) is 24.4 Å². The number of methoxy groups -OCH3 is 1. The fraction of sp³-hybridized carbons (Fsp3) is 0.304. The molecule has 5 rings (SSSR count). The monoisotopic (exact) mass is 415 g/mol. The van der Waals surface area contributed by atoms with Gasteiger partial charge in [0.1, 0.15) is 12.2 Å². The van der Waals surface area contributed by atoms with Crippen LogP contribution in [-0.4, -0.2) is 63.1 Å². The zero-order valence-electron chi connectivity index (χ0n) is 17.5. The SMILES string of the molecule is COc1cc(-c2ccc3nc(Cc4cc(CN5CCNCC5)ccn4)[nH]c3c2)ncn1. The number of rotatable bonds is 6. The Kier molecular flexibility index (Phi) is 5.56. The number of nitrogens with one attached hydrogen (secondary N) is 2. The summed E-state index contributed by atoms with van der Waals surface area (Å²) < 4.78 is 5.21. The van der Waals surface area contributed by atoms with Crippen molar-refractivity contribution in [1.29, 1.82) is 0 Å². The smallest absolute Gasteiger partial charge is 0.216 e. The number of pyridine rings is 1. The molecule has 0 saturated carbocycles. The van der Waals surface area contributed by atoms with E-state index < -0.39 is 0 Å². The molecule has 0 amide bonds. The normalized spacial score (nSPS) is 14.7. The van der Waals surface area contributed by atoms with Crippen LogP contribution in [0.1, 0.15) is 17.1 Å². The van der Waals surface area contributed by atoms with Crippen molar-refractivity contribution in [2.24, 2.45) is 0 Å². The summed E-state index contributed by atoms with van der Waals surface area (Å²) in [6.45, 7) is 5.24. The van der Waals surface area contributed by atoms with E-state index in [0.29, 0.717) is 12.3 Å². The molecule has 0 atom stereocenters. The van der Waals surface area contributed by atoms with E-state index in [9.17, 15) is 0 Å². The van der Waals surface area contributed by atoms with Crippen molar-refractivity contribution < 1.29 is 4.74 Å². The van der Waals surface area contributed by atoms with E-state index >= 15 is 0 Å². The Morgan fingerprint density at radius 3 is 2.81 bits per heavy atom. The van der Waals surface area contributed by atoms with Gasteiger partial charge in [-0.15, -0.1) is 0 Å². The Labute approximate surface area is 180 Å². The minimum absolute atomic E-state index is 0.544. The van der Waals surface area contributed by atoms with Gasteiger partial charge in [0.05, 0.1) is 23.8 Å². The molecule has 0 radical (unpaired) electrons. The van der Waals surface area contributed by atoms with Gasteiger partial charge in [-0.05, 0) is 29.8 Å². The highest BCUT2D eigenvalue weighted by Crippen LogP contribution is 2.24. The lowest BCUT2D eigenvalue weighted by Crippen LogP contribution is -2.42. The Morgan fingerprint density at radius 1 is 1.03 bits per heavy atom. The minimum Gasteiger partial charge on any atom is -0.481 e. The van der Waals surface area contributed by atoms with Crippen molar-refractivity contribution in [3.8, 4) is 17.1 Å². The van der Waals surface area contributed by atoms with Crippen LogP contribution in [-0.2, 0) is 13.0 Å². The lowest BCUT2D eigenvalue weighted by molar-refractivity contribution is 0.233. The molecule has 4 aromatic rings. The van der Waals surface area contributed by atoms with Gasteiger partial charge in [0.2, 0.25) is 5.88 Å². The van der Waals surface area contributed by atoms with Crippen molar-refractivity contribution in [3.63, 3.8) is 0 Å². The first-order chi connectivity index (χ1) is 15.3. The molecule has 0 spiro atoms. The van der Waals surface area contributed by atoms with Gasteiger partial charge in [-0.2, -0.15) is 0 Å². The number of hydrogen-bond acceptors (Lipinski definition) is 7. The first-order valence-corrected chi connectivity index (χ1v) is 10.5. The number of fused-ring (bicyclic) bond motifs is 1. The third-order valence-corrected chi connectivity index (χ3v) is 5.52. The highest BCUT2D eigenvalue weighted by Gasteiger charge is 2.12. The van der Waals surface area contributed by atoms with Gasteiger partial charge in [-0.1, -0.05) is 6.07 Å². The topological polar surface area (TPSA) is 91.8 Å². The van der Waals surface area contributed by atoms with E-state index in [4.69, 9.17) is 9.72 Å². The second kappa shape index (κ2) is 8.79. The van der Waals surface area contributed by atoms with Gasteiger partial charge in [-0.25, -0.2) is 15.0 Å². The summed E-state index contributed by atoms with van der Waals surface area (Å²) in [5.41, 5.74) is 6.01. The zero-order chi connectivity index (χ0) is 21.0. The predicted octanol–water partition coefficient (Wildman–Crippen LogP) is 2.42. The van der Waals surface area contributed by atoms with Crippen LogP contribution >= 0.6 is 0 Å². The quantitative estimate of drug-likeness (QED) is 0.500. The Morgan fingerprint density at radius 2 is 1.94 bits per heavy atom. The predicted molar refractivity (Wildman–Crippen MR) is 119 cm³/mol. The molecule has 2 N–H and O–H groups in total. The molecular weight excluding hydrogens is 390 g/mol. The standard InChI is InChI=1S/C23H25N7O/c1-31-23-13-20(26-15-27-23)17-2-3-19-21(11-17)29-22(28-19)12-18-10-16(4-5-25-18)14-30-8-6-24-7-9-30/h2-5,10-11,13,15,24H,6-9,12,14H2,1H3,(H,28,29). The average molecular weight is 416 g/mol. The van der Waals surface area contributed by atoms with E-state index in [1.54, 1.807) is 7.11 Å². The second-order valence-corrected chi connectivity index (χ2v) is 7.72. The molecule has 1 aliphatic rings. The summed E-state index contributed by atoms with van der Waals surface area (Å²) in [6, 6.07) is 12.2. The van der Waals surface area contributed by atoms with Crippen molar-refractivity contribution in [3.05, 3.63) is 66.0 Å². The van der Waals surface area contributed by atoms with Crippen LogP contribution in [0.5, 0.6) is 5.88 Å². The Bertz CT molecular complexity index is 1180. The molecule has 0 bridgehead atoms. The van der Waals surface area contributed by atoms with Gasteiger partial charge in [0, 0.05) is 62.7 Å². The van der Waals surface area contributed by atoms with Gasteiger partial charge >= 0.3 is 0 Å². The summed E-state index contributed by atoms with van der Waals surface area (Å²) in [5.74, 6) is 1.45. The number of benzene rings is 1. The maximum atomic E-state index is 5.21. The molecule has 0 aliphatic carbocycles. The largest absolute Gasteiger partial charge is 0.481 e. The fourth-order valence-electron chi connectivity index (χ4n) is 3.94. The Hall–Kier alpha value is -3.36. The number of ether oxygens (including phenoxy) is 1. The van der Waals surface area contributed by atoms with Gasteiger partial charge < -0.3 is 15.0 Å². The molecule has 3 aromatic heterocycles. The molecule has 8 nitrogen and oxygen atoms in total. The van der Waals surface area contributed by atoms with E-state index in [2.05, 4.69) is 48.4 Å². The summed E-state index contributed by atoms with van der Waals surface area (Å²) in [7, 11) is 1.60. The lowest BCUT2D eigenvalue weighted by atomic mass is 10.1. The maximum absolute atomic E-state index is 5.21. The van der Waals surface area contributed by atoms with Gasteiger partial charge in [0.25, 0.3) is 0 Å². The van der Waals surface area contributed by atoms with Crippen LogP contribution in [0.4, 0.5) is 0 Å². The molecule has 0 unspecified atom stereocenters. The minimum atomic E-state index is 0.544. The first-order valence-electron chi connectivity index (χ1n) is 10.5. The number of hydrogen-bond donors (Lipinski definition) is 2. The van der Waals surface area contributed by atoms with Gasteiger partial charge in [0.15, 0.2) is 0 Å². The van der Waals surface area contributed by atoms with Crippen molar-refractivity contribution in [2.45, 2.75) is 13.0 Å². The summed E-state index contributed by atoms with van der Waals surface area (Å²) in [6.07, 6.45) is 4.08. The third kappa shape index (κ3) is 4.55. The summed E-state index contributed by atoms with van der Waals surface area (Å²) in [4.78, 5) is 23.6. The van der Waals surface area contributed by atoms with E-state index in [1.165, 1.54) is 11.9 Å². The number of imidazole rings is 1. The highest BCUT2D eigenvalue weighted by molar-refractivity contribution is 5.81. The molecule has 1 aliphatic heterocycles. The molecule has 31 heavy (non-hydrogen) atoms. The van der Waals surface area contributed by atoms with Crippen molar-refractivity contribution in [2.75, 3.05) is 33.3 Å². The van der Waals surface area contributed by atoms with Crippen molar-refractivity contribution in [1.82, 2.24) is 35.1 Å². The molecule has 8 heteroatoms. The van der Waals surface area contributed by atoms with Crippen LogP contribution in [0.25, 0.3) is 22.3 Å². The molecule has 158 valence electrons. The number of aromatic amines is 1. The van der Waals surface area contributed by atoms with Crippen LogP contribution in [0.15, 0.2) is 48.9 Å². The third-order valence-electron chi connectivity index (χ3n) is 5.52. The summed E-state index contributed by atoms with van der Waals surface area (Å²) >= 11 is 0.